The van der Waals surface area contributed by atoms with Gasteiger partial charge < -0.3 is 14.8 Å². The zero-order valence-corrected chi connectivity index (χ0v) is 16.2. The highest BCUT2D eigenvalue weighted by atomic mass is 16.6. The number of rotatable bonds is 6. The smallest absolute Gasteiger partial charge is 0.407 e. The van der Waals surface area contributed by atoms with Crippen molar-refractivity contribution in [1.82, 2.24) is 10.2 Å². The van der Waals surface area contributed by atoms with Crippen molar-refractivity contribution < 1.29 is 19.1 Å². The third kappa shape index (κ3) is 5.87. The zero-order chi connectivity index (χ0) is 18.5. The summed E-state index contributed by atoms with van der Waals surface area (Å²) in [5.41, 5.74) is -0.663. The maximum Gasteiger partial charge on any atom is 0.407 e. The Morgan fingerprint density at radius 3 is 2.32 bits per heavy atom. The molecule has 2 fully saturated rings. The highest BCUT2D eigenvalue weighted by Crippen LogP contribution is 2.44. The summed E-state index contributed by atoms with van der Waals surface area (Å²) in [7, 11) is 0. The quantitative estimate of drug-likeness (QED) is 0.741. The average Bonchev–Trinajstić information content (AvgIpc) is 2.50. The predicted molar refractivity (Wildman–Crippen MR) is 96.1 cm³/mol. The summed E-state index contributed by atoms with van der Waals surface area (Å²) < 4.78 is 10.8. The van der Waals surface area contributed by atoms with Gasteiger partial charge in [-0.15, -0.1) is 0 Å². The molecule has 0 spiro atoms. The normalized spacial score (nSPS) is 21.3. The molecule has 2 rings (SSSR count). The van der Waals surface area contributed by atoms with Crippen LogP contribution >= 0.6 is 0 Å². The molecular formula is C19H34N2O4. The van der Waals surface area contributed by atoms with Gasteiger partial charge in [-0.25, -0.2) is 4.79 Å². The van der Waals surface area contributed by atoms with Crippen LogP contribution in [0.25, 0.3) is 0 Å². The number of esters is 1. The van der Waals surface area contributed by atoms with Crippen LogP contribution in [-0.2, 0) is 14.3 Å². The lowest BCUT2D eigenvalue weighted by molar-refractivity contribution is -0.167. The van der Waals surface area contributed by atoms with Crippen LogP contribution in [0.15, 0.2) is 0 Å². The van der Waals surface area contributed by atoms with E-state index in [1.54, 1.807) is 0 Å². The fourth-order valence-electron chi connectivity index (χ4n) is 3.47. The van der Waals surface area contributed by atoms with Gasteiger partial charge in [0.05, 0.1) is 5.41 Å². The predicted octanol–water partition coefficient (Wildman–Crippen LogP) is 3.30. The maximum atomic E-state index is 12.3. The molecule has 6 heteroatoms. The van der Waals surface area contributed by atoms with Crippen LogP contribution in [0.2, 0.25) is 0 Å². The molecule has 1 aliphatic heterocycles. The van der Waals surface area contributed by atoms with Crippen LogP contribution in [0.4, 0.5) is 4.79 Å². The van der Waals surface area contributed by atoms with Crippen molar-refractivity contribution in [3.8, 4) is 0 Å². The number of alkyl carbamates (subject to hydrolysis) is 1. The Labute approximate surface area is 151 Å². The zero-order valence-electron chi connectivity index (χ0n) is 16.2. The van der Waals surface area contributed by atoms with E-state index >= 15 is 0 Å². The van der Waals surface area contributed by atoms with Gasteiger partial charge in [-0.05, 0) is 58.8 Å². The Morgan fingerprint density at radius 2 is 1.84 bits per heavy atom. The average molecular weight is 354 g/mol. The lowest BCUT2D eigenvalue weighted by Gasteiger charge is -2.39. The largest absolute Gasteiger partial charge is 0.449 e. The number of nitrogens with zero attached hydrogens (tertiary/aromatic N) is 1. The number of carbonyl (C=O) groups excluding carboxylic acids is 2. The lowest BCUT2D eigenvalue weighted by Crippen LogP contribution is -2.43. The molecule has 0 aromatic rings. The second-order valence-electron chi connectivity index (χ2n) is 8.49. The Kier molecular flexibility index (Phi) is 6.72. The lowest BCUT2D eigenvalue weighted by atomic mass is 9.67. The molecule has 1 N–H and O–H groups in total. The number of hydrogen-bond donors (Lipinski definition) is 1. The number of ether oxygens (including phenoxy) is 2. The topological polar surface area (TPSA) is 67.9 Å². The minimum atomic E-state index is -0.465. The Hall–Kier alpha value is -1.30. The van der Waals surface area contributed by atoms with Gasteiger partial charge in [0.25, 0.3) is 0 Å². The molecule has 1 heterocycles. The maximum absolute atomic E-state index is 12.3. The molecule has 2 aliphatic rings. The molecule has 0 aromatic carbocycles. The fraction of sp³-hybridized carbons (Fsp3) is 0.895. The standard InChI is InChI=1S/C19H34N2O4/c1-5-19(9-6-10-19)16(22)24-14-21-11-7-15(8-12-21)13-20-17(23)25-18(2,3)4/h15H,5-14H2,1-4H3,(H,20,23). The van der Waals surface area contributed by atoms with E-state index in [0.717, 1.165) is 51.6 Å². The van der Waals surface area contributed by atoms with Gasteiger partial charge in [0.2, 0.25) is 0 Å². The molecule has 1 aliphatic carbocycles. The summed E-state index contributed by atoms with van der Waals surface area (Å²) in [5.74, 6) is 0.433. The molecule has 1 saturated carbocycles. The van der Waals surface area contributed by atoms with Gasteiger partial charge >= 0.3 is 12.1 Å². The van der Waals surface area contributed by atoms with Crippen molar-refractivity contribution >= 4 is 12.1 Å². The molecule has 0 bridgehead atoms. The van der Waals surface area contributed by atoms with E-state index < -0.39 is 5.60 Å². The number of piperidine rings is 1. The summed E-state index contributed by atoms with van der Waals surface area (Å²) in [6.07, 6.45) is 5.60. The summed E-state index contributed by atoms with van der Waals surface area (Å²) in [4.78, 5) is 26.1. The first-order valence-electron chi connectivity index (χ1n) is 9.60. The van der Waals surface area contributed by atoms with E-state index in [1.165, 1.54) is 0 Å². The minimum Gasteiger partial charge on any atom is -0.449 e. The third-order valence-electron chi connectivity index (χ3n) is 5.44. The van der Waals surface area contributed by atoms with Crippen LogP contribution < -0.4 is 5.32 Å². The second-order valence-corrected chi connectivity index (χ2v) is 8.49. The summed E-state index contributed by atoms with van der Waals surface area (Å²) in [6.45, 7) is 10.5. The number of carbonyl (C=O) groups is 2. The van der Waals surface area contributed by atoms with Crippen LogP contribution in [-0.4, -0.2) is 48.9 Å². The molecule has 0 aromatic heterocycles. The Bertz CT molecular complexity index is 455. The monoisotopic (exact) mass is 354 g/mol. The van der Waals surface area contributed by atoms with Crippen LogP contribution in [0.5, 0.6) is 0 Å². The Balaban J connectivity index is 1.61. The molecule has 25 heavy (non-hydrogen) atoms. The SMILES string of the molecule is CCC1(C(=O)OCN2CCC(CNC(=O)OC(C)(C)C)CC2)CCC1. The van der Waals surface area contributed by atoms with E-state index in [2.05, 4.69) is 17.1 Å². The highest BCUT2D eigenvalue weighted by Gasteiger charge is 2.44. The highest BCUT2D eigenvalue weighted by molar-refractivity contribution is 5.77. The van der Waals surface area contributed by atoms with Gasteiger partial charge in [-0.3, -0.25) is 9.69 Å². The van der Waals surface area contributed by atoms with Gasteiger partial charge in [-0.2, -0.15) is 0 Å². The summed E-state index contributed by atoms with van der Waals surface area (Å²) in [5, 5.41) is 2.85. The van der Waals surface area contributed by atoms with E-state index in [9.17, 15) is 9.59 Å². The Morgan fingerprint density at radius 1 is 1.20 bits per heavy atom. The third-order valence-corrected chi connectivity index (χ3v) is 5.44. The van der Waals surface area contributed by atoms with Crippen molar-refractivity contribution in [1.29, 1.82) is 0 Å². The molecule has 1 amide bonds. The van der Waals surface area contributed by atoms with Crippen LogP contribution in [0, 0.1) is 11.3 Å². The minimum absolute atomic E-state index is 0.0186. The number of nitrogens with one attached hydrogen (secondary N) is 1. The van der Waals surface area contributed by atoms with E-state index in [4.69, 9.17) is 9.47 Å². The van der Waals surface area contributed by atoms with Crippen molar-refractivity contribution in [2.45, 2.75) is 71.8 Å². The first kappa shape index (κ1) is 20.0. The van der Waals surface area contributed by atoms with Crippen LogP contribution in [0.1, 0.15) is 66.2 Å². The molecule has 0 atom stereocenters. The molecule has 1 saturated heterocycles. The molecular weight excluding hydrogens is 320 g/mol. The fourth-order valence-corrected chi connectivity index (χ4v) is 3.47. The molecule has 0 unspecified atom stereocenters. The van der Waals surface area contributed by atoms with Crippen molar-refractivity contribution in [3.05, 3.63) is 0 Å². The van der Waals surface area contributed by atoms with Crippen molar-refractivity contribution in [2.24, 2.45) is 11.3 Å². The van der Waals surface area contributed by atoms with E-state index in [0.29, 0.717) is 19.2 Å². The second kappa shape index (κ2) is 8.39. The van der Waals surface area contributed by atoms with Gasteiger partial charge in [0.15, 0.2) is 0 Å². The number of likely N-dealkylation sites (tertiary alicyclic amines) is 1. The number of amides is 1. The van der Waals surface area contributed by atoms with Gasteiger partial charge in [0, 0.05) is 19.6 Å². The van der Waals surface area contributed by atoms with Gasteiger partial charge in [0.1, 0.15) is 12.3 Å². The first-order chi connectivity index (χ1) is 11.7. The molecule has 6 nitrogen and oxygen atoms in total. The van der Waals surface area contributed by atoms with E-state index in [-0.39, 0.29) is 17.5 Å². The first-order valence-corrected chi connectivity index (χ1v) is 9.60. The van der Waals surface area contributed by atoms with Crippen LogP contribution in [0.3, 0.4) is 0 Å². The summed E-state index contributed by atoms with van der Waals surface area (Å²) >= 11 is 0. The summed E-state index contributed by atoms with van der Waals surface area (Å²) in [6, 6.07) is 0. The van der Waals surface area contributed by atoms with E-state index in [1.807, 2.05) is 20.8 Å². The van der Waals surface area contributed by atoms with Crippen molar-refractivity contribution in [2.75, 3.05) is 26.4 Å². The van der Waals surface area contributed by atoms with Gasteiger partial charge in [-0.1, -0.05) is 13.3 Å². The number of hydrogen-bond acceptors (Lipinski definition) is 5. The molecule has 144 valence electrons. The van der Waals surface area contributed by atoms with Crippen molar-refractivity contribution in [3.63, 3.8) is 0 Å². The molecule has 0 radical (unpaired) electrons.